The van der Waals surface area contributed by atoms with Crippen molar-refractivity contribution in [1.29, 1.82) is 0 Å². The van der Waals surface area contributed by atoms with Crippen molar-refractivity contribution in [3.63, 3.8) is 0 Å². The summed E-state index contributed by atoms with van der Waals surface area (Å²) in [4.78, 5) is 14.9. The average Bonchev–Trinajstić information content (AvgIpc) is 3.15. The van der Waals surface area contributed by atoms with Crippen LogP contribution in [0.15, 0.2) is 51.7 Å². The quantitative estimate of drug-likeness (QED) is 0.727. The number of benzene rings is 2. The van der Waals surface area contributed by atoms with Crippen molar-refractivity contribution >= 4 is 23.4 Å². The molecule has 1 N–H and O–H groups in total. The molecule has 3 aromatic rings. The van der Waals surface area contributed by atoms with Crippen LogP contribution in [0.5, 0.6) is 11.5 Å². The fourth-order valence-electron chi connectivity index (χ4n) is 3.50. The number of nitrogens with zero attached hydrogens (tertiary/aromatic N) is 1. The highest BCUT2D eigenvalue weighted by molar-refractivity contribution is 5.86. The molecule has 5 nitrogen and oxygen atoms in total. The van der Waals surface area contributed by atoms with Gasteiger partial charge in [-0.15, -0.1) is 12.4 Å². The van der Waals surface area contributed by atoms with Crippen LogP contribution in [-0.2, 0) is 6.54 Å². The average molecular weight is 388 g/mol. The minimum Gasteiger partial charge on any atom is -0.504 e. The van der Waals surface area contributed by atoms with Crippen LogP contribution in [0, 0.1) is 0 Å². The Morgan fingerprint density at radius 1 is 1.11 bits per heavy atom. The van der Waals surface area contributed by atoms with E-state index in [1.807, 2.05) is 12.1 Å². The normalized spacial score (nSPS) is 14.3. The lowest BCUT2D eigenvalue weighted by Crippen LogP contribution is -2.18. The van der Waals surface area contributed by atoms with E-state index in [-0.39, 0.29) is 34.9 Å². The number of likely N-dealkylation sites (tertiary alicyclic amines) is 1. The number of methoxy groups -OCH3 is 1. The molecule has 0 aliphatic carbocycles. The van der Waals surface area contributed by atoms with E-state index in [1.165, 1.54) is 37.6 Å². The van der Waals surface area contributed by atoms with Crippen molar-refractivity contribution < 1.29 is 14.3 Å². The van der Waals surface area contributed by atoms with E-state index in [1.54, 1.807) is 6.07 Å². The maximum atomic E-state index is 12.4. The molecule has 0 amide bonds. The second-order valence-electron chi connectivity index (χ2n) is 6.65. The lowest BCUT2D eigenvalue weighted by molar-refractivity contribution is 0.331. The van der Waals surface area contributed by atoms with Crippen LogP contribution in [-0.4, -0.2) is 30.2 Å². The highest BCUT2D eigenvalue weighted by Crippen LogP contribution is 2.35. The molecule has 0 radical (unpaired) electrons. The Labute approximate surface area is 163 Å². The van der Waals surface area contributed by atoms with Crippen molar-refractivity contribution in [1.82, 2.24) is 4.90 Å². The molecule has 1 aliphatic rings. The van der Waals surface area contributed by atoms with Crippen LogP contribution in [0.1, 0.15) is 18.4 Å². The molecule has 2 heterocycles. The van der Waals surface area contributed by atoms with E-state index >= 15 is 0 Å². The minimum absolute atomic E-state index is 0. The maximum Gasteiger partial charge on any atom is 0.204 e. The third-order valence-corrected chi connectivity index (χ3v) is 4.88. The number of phenols is 1. The summed E-state index contributed by atoms with van der Waals surface area (Å²) in [6.07, 6.45) is 2.55. The van der Waals surface area contributed by atoms with Crippen LogP contribution in [0.2, 0.25) is 0 Å². The molecule has 1 fully saturated rings. The summed E-state index contributed by atoms with van der Waals surface area (Å²) in [6.45, 7) is 3.26. The van der Waals surface area contributed by atoms with Crippen molar-refractivity contribution in [3.05, 3.63) is 58.3 Å². The molecule has 6 heteroatoms. The number of ether oxygens (including phenoxy) is 1. The Hall–Kier alpha value is -2.50. The predicted octanol–water partition coefficient (Wildman–Crippen LogP) is 4.19. The molecule has 27 heavy (non-hydrogen) atoms. The van der Waals surface area contributed by atoms with Gasteiger partial charge < -0.3 is 14.3 Å². The van der Waals surface area contributed by atoms with E-state index in [0.717, 1.165) is 25.2 Å². The van der Waals surface area contributed by atoms with Gasteiger partial charge in [0.2, 0.25) is 5.75 Å². The van der Waals surface area contributed by atoms with Crippen LogP contribution in [0.4, 0.5) is 0 Å². The van der Waals surface area contributed by atoms with Gasteiger partial charge in [0.25, 0.3) is 0 Å². The molecule has 0 unspecified atom stereocenters. The summed E-state index contributed by atoms with van der Waals surface area (Å²) in [5.74, 6) is 0.576. The maximum absolute atomic E-state index is 12.4. The first-order chi connectivity index (χ1) is 12.7. The van der Waals surface area contributed by atoms with Gasteiger partial charge in [0.1, 0.15) is 5.76 Å². The third-order valence-electron chi connectivity index (χ3n) is 4.88. The summed E-state index contributed by atoms with van der Waals surface area (Å²) in [5, 5.41) is 10.3. The van der Waals surface area contributed by atoms with Gasteiger partial charge in [-0.05, 0) is 43.6 Å². The number of phenolic OH excluding ortho intramolecular Hbond substituents is 1. The van der Waals surface area contributed by atoms with Gasteiger partial charge in [0.05, 0.1) is 12.5 Å². The largest absolute Gasteiger partial charge is 0.504 e. The standard InChI is InChI=1S/C21H21NO4.ClH/c1-25-21-17(23)9-8-16-18(24)12-19(26-20(16)21)15-6-4-14(5-7-15)13-22-10-2-3-11-22;/h4-9,12,23H,2-3,10-11,13H2,1H3;1H. The summed E-state index contributed by atoms with van der Waals surface area (Å²) in [7, 11) is 1.44. The number of rotatable bonds is 4. The molecule has 0 saturated carbocycles. The zero-order chi connectivity index (χ0) is 18.1. The van der Waals surface area contributed by atoms with Crippen LogP contribution in [0.3, 0.4) is 0 Å². The zero-order valence-electron chi connectivity index (χ0n) is 15.1. The number of hydrogen-bond donors (Lipinski definition) is 1. The Balaban J connectivity index is 0.00000210. The fourth-order valence-corrected chi connectivity index (χ4v) is 3.50. The van der Waals surface area contributed by atoms with Crippen molar-refractivity contribution in [2.24, 2.45) is 0 Å². The Kier molecular flexibility index (Phi) is 5.73. The van der Waals surface area contributed by atoms with Gasteiger partial charge in [-0.2, -0.15) is 0 Å². The van der Waals surface area contributed by atoms with Gasteiger partial charge in [0.15, 0.2) is 16.8 Å². The molecule has 0 spiro atoms. The topological polar surface area (TPSA) is 62.9 Å². The van der Waals surface area contributed by atoms with E-state index < -0.39 is 0 Å². The molecule has 0 bridgehead atoms. The van der Waals surface area contributed by atoms with Gasteiger partial charge in [-0.1, -0.05) is 24.3 Å². The molecule has 1 aromatic heterocycles. The van der Waals surface area contributed by atoms with Crippen LogP contribution in [0.25, 0.3) is 22.3 Å². The number of aromatic hydroxyl groups is 1. The Morgan fingerprint density at radius 3 is 2.48 bits per heavy atom. The predicted molar refractivity (Wildman–Crippen MR) is 108 cm³/mol. The minimum atomic E-state index is -0.166. The number of halogens is 1. The SMILES string of the molecule is COc1c(O)ccc2c(=O)cc(-c3ccc(CN4CCCC4)cc3)oc12.Cl. The smallest absolute Gasteiger partial charge is 0.204 e. The number of fused-ring (bicyclic) bond motifs is 1. The van der Waals surface area contributed by atoms with Crippen LogP contribution < -0.4 is 10.2 Å². The van der Waals surface area contributed by atoms with E-state index in [0.29, 0.717) is 11.1 Å². The number of hydrogen-bond acceptors (Lipinski definition) is 5. The van der Waals surface area contributed by atoms with Gasteiger partial charge in [-0.25, -0.2) is 0 Å². The van der Waals surface area contributed by atoms with Crippen molar-refractivity contribution in [2.45, 2.75) is 19.4 Å². The summed E-state index contributed by atoms with van der Waals surface area (Å²) in [5.41, 5.74) is 2.16. The van der Waals surface area contributed by atoms with E-state index in [4.69, 9.17) is 9.15 Å². The summed E-state index contributed by atoms with van der Waals surface area (Å²) in [6, 6.07) is 12.5. The molecule has 1 saturated heterocycles. The zero-order valence-corrected chi connectivity index (χ0v) is 15.9. The monoisotopic (exact) mass is 387 g/mol. The fraction of sp³-hybridized carbons (Fsp3) is 0.286. The van der Waals surface area contributed by atoms with E-state index in [9.17, 15) is 9.90 Å². The van der Waals surface area contributed by atoms with Crippen molar-refractivity contribution in [2.75, 3.05) is 20.2 Å². The summed E-state index contributed by atoms with van der Waals surface area (Å²) >= 11 is 0. The molecular formula is C21H22ClNO4. The lowest BCUT2D eigenvalue weighted by Gasteiger charge is -2.14. The first-order valence-corrected chi connectivity index (χ1v) is 8.81. The van der Waals surface area contributed by atoms with Gasteiger partial charge in [-0.3, -0.25) is 9.69 Å². The Bertz CT molecular complexity index is 991. The molecule has 0 atom stereocenters. The summed E-state index contributed by atoms with van der Waals surface area (Å²) < 4.78 is 11.1. The first-order valence-electron chi connectivity index (χ1n) is 8.81. The third kappa shape index (κ3) is 3.80. The lowest BCUT2D eigenvalue weighted by atomic mass is 10.1. The Morgan fingerprint density at radius 2 is 1.81 bits per heavy atom. The molecule has 2 aromatic carbocycles. The van der Waals surface area contributed by atoms with Gasteiger partial charge in [0, 0.05) is 18.2 Å². The molecule has 1 aliphatic heterocycles. The highest BCUT2D eigenvalue weighted by atomic mass is 35.5. The highest BCUT2D eigenvalue weighted by Gasteiger charge is 2.15. The molecular weight excluding hydrogens is 366 g/mol. The van der Waals surface area contributed by atoms with Crippen molar-refractivity contribution in [3.8, 4) is 22.8 Å². The van der Waals surface area contributed by atoms with E-state index in [2.05, 4.69) is 17.0 Å². The first kappa shape index (κ1) is 19.3. The van der Waals surface area contributed by atoms with Gasteiger partial charge >= 0.3 is 0 Å². The molecule has 142 valence electrons. The second-order valence-corrected chi connectivity index (χ2v) is 6.65. The van der Waals surface area contributed by atoms with Crippen LogP contribution >= 0.6 is 12.4 Å². The second kappa shape index (κ2) is 8.03. The molecule has 4 rings (SSSR count).